The molecule has 0 radical (unpaired) electrons. The van der Waals surface area contributed by atoms with Crippen LogP contribution in [0.2, 0.25) is 0 Å². The number of carbonyl (C=O) groups is 1. The molecule has 3 fully saturated rings. The van der Waals surface area contributed by atoms with E-state index >= 15 is 0 Å². The second-order valence-electron chi connectivity index (χ2n) is 8.00. The summed E-state index contributed by atoms with van der Waals surface area (Å²) in [5.41, 5.74) is 0.0926. The molecular formula is C18H33N3O3. The van der Waals surface area contributed by atoms with Gasteiger partial charge in [-0.25, -0.2) is 0 Å². The molecule has 3 rings (SSSR count). The third-order valence-electron chi connectivity index (χ3n) is 5.56. The van der Waals surface area contributed by atoms with E-state index in [1.54, 1.807) is 0 Å². The zero-order valence-electron chi connectivity index (χ0n) is 15.3. The van der Waals surface area contributed by atoms with Crippen molar-refractivity contribution in [2.24, 2.45) is 5.41 Å². The normalized spacial score (nSPS) is 32.5. The Morgan fingerprint density at radius 2 is 2.08 bits per heavy atom. The Balaban J connectivity index is 1.62. The van der Waals surface area contributed by atoms with Crippen molar-refractivity contribution in [3.8, 4) is 0 Å². The molecule has 2 atom stereocenters. The van der Waals surface area contributed by atoms with Gasteiger partial charge in [-0.15, -0.1) is 0 Å². The molecule has 3 saturated heterocycles. The van der Waals surface area contributed by atoms with Gasteiger partial charge in [0.15, 0.2) is 0 Å². The molecule has 0 bridgehead atoms. The summed E-state index contributed by atoms with van der Waals surface area (Å²) in [4.78, 5) is 19.6. The number of hydrogen-bond acceptors (Lipinski definition) is 5. The van der Waals surface area contributed by atoms with E-state index in [2.05, 4.69) is 28.8 Å². The highest BCUT2D eigenvalue weighted by atomic mass is 16.5. The summed E-state index contributed by atoms with van der Waals surface area (Å²) >= 11 is 0. The summed E-state index contributed by atoms with van der Waals surface area (Å²) in [5, 5.41) is 0. The van der Waals surface area contributed by atoms with Crippen LogP contribution in [0.25, 0.3) is 0 Å². The number of carbonyl (C=O) groups excluding carboxylic acids is 1. The Hall–Kier alpha value is -0.690. The van der Waals surface area contributed by atoms with Crippen LogP contribution in [0, 0.1) is 5.41 Å². The highest BCUT2D eigenvalue weighted by Crippen LogP contribution is 2.33. The number of likely N-dealkylation sites (N-methyl/N-ethyl adjacent to an activating group) is 1. The SMILES string of the molecule is CN(C)CCN1CCOCC2(CCCN(C(=O)C3CCCO3)C2)C1. The molecular weight excluding hydrogens is 306 g/mol. The van der Waals surface area contributed by atoms with E-state index in [0.29, 0.717) is 0 Å². The summed E-state index contributed by atoms with van der Waals surface area (Å²) in [7, 11) is 4.24. The maximum Gasteiger partial charge on any atom is 0.251 e. The minimum absolute atomic E-state index is 0.0926. The number of ether oxygens (including phenoxy) is 2. The number of nitrogens with zero attached hydrogens (tertiary/aromatic N) is 3. The molecule has 3 aliphatic rings. The summed E-state index contributed by atoms with van der Waals surface area (Å²) < 4.78 is 11.6. The first-order chi connectivity index (χ1) is 11.6. The van der Waals surface area contributed by atoms with Gasteiger partial charge in [0.05, 0.1) is 13.2 Å². The van der Waals surface area contributed by atoms with Crippen LogP contribution >= 0.6 is 0 Å². The molecule has 0 aliphatic carbocycles. The van der Waals surface area contributed by atoms with E-state index in [0.717, 1.165) is 84.8 Å². The van der Waals surface area contributed by atoms with Crippen molar-refractivity contribution in [3.05, 3.63) is 0 Å². The van der Waals surface area contributed by atoms with E-state index in [1.807, 2.05) is 0 Å². The molecule has 0 saturated carbocycles. The van der Waals surface area contributed by atoms with Gasteiger partial charge in [-0.1, -0.05) is 0 Å². The fraction of sp³-hybridized carbons (Fsp3) is 0.944. The van der Waals surface area contributed by atoms with Crippen LogP contribution in [0.4, 0.5) is 0 Å². The molecule has 2 unspecified atom stereocenters. The van der Waals surface area contributed by atoms with Gasteiger partial charge in [-0.2, -0.15) is 0 Å². The topological polar surface area (TPSA) is 45.2 Å². The molecule has 6 nitrogen and oxygen atoms in total. The van der Waals surface area contributed by atoms with Crippen molar-refractivity contribution < 1.29 is 14.3 Å². The summed E-state index contributed by atoms with van der Waals surface area (Å²) in [6.07, 6.45) is 3.92. The Kier molecular flexibility index (Phi) is 6.13. The molecule has 1 amide bonds. The van der Waals surface area contributed by atoms with Gasteiger partial charge in [0.1, 0.15) is 6.10 Å². The van der Waals surface area contributed by atoms with Crippen LogP contribution in [0.5, 0.6) is 0 Å². The van der Waals surface area contributed by atoms with Gasteiger partial charge in [-0.3, -0.25) is 9.69 Å². The van der Waals surface area contributed by atoms with Crippen LogP contribution in [0.15, 0.2) is 0 Å². The van der Waals surface area contributed by atoms with Crippen molar-refractivity contribution in [2.45, 2.75) is 31.8 Å². The molecule has 0 aromatic heterocycles. The quantitative estimate of drug-likeness (QED) is 0.753. The standard InChI is InChI=1S/C18H33N3O3/c1-19(2)8-9-20-10-12-23-15-18(13-20)6-4-7-21(14-18)17(22)16-5-3-11-24-16/h16H,3-15H2,1-2H3. The smallest absolute Gasteiger partial charge is 0.251 e. The Bertz CT molecular complexity index is 426. The average molecular weight is 339 g/mol. The number of hydrogen-bond donors (Lipinski definition) is 0. The van der Waals surface area contributed by atoms with Gasteiger partial charge in [-0.05, 0) is 39.8 Å². The number of rotatable bonds is 4. The van der Waals surface area contributed by atoms with E-state index < -0.39 is 0 Å². The lowest BCUT2D eigenvalue weighted by Crippen LogP contribution is -2.54. The molecule has 0 aromatic carbocycles. The van der Waals surface area contributed by atoms with Crippen molar-refractivity contribution in [2.75, 3.05) is 73.2 Å². The van der Waals surface area contributed by atoms with E-state index in [1.165, 1.54) is 0 Å². The lowest BCUT2D eigenvalue weighted by atomic mass is 9.80. The maximum absolute atomic E-state index is 12.7. The minimum atomic E-state index is -0.198. The fourth-order valence-corrected chi connectivity index (χ4v) is 4.23. The van der Waals surface area contributed by atoms with Gasteiger partial charge in [0.25, 0.3) is 5.91 Å². The van der Waals surface area contributed by atoms with Gasteiger partial charge in [0.2, 0.25) is 0 Å². The van der Waals surface area contributed by atoms with E-state index in [9.17, 15) is 4.79 Å². The molecule has 3 aliphatic heterocycles. The third-order valence-corrected chi connectivity index (χ3v) is 5.56. The number of likely N-dealkylation sites (tertiary alicyclic amines) is 1. The lowest BCUT2D eigenvalue weighted by molar-refractivity contribution is -0.145. The first-order valence-electron chi connectivity index (χ1n) is 9.43. The van der Waals surface area contributed by atoms with Crippen molar-refractivity contribution in [1.29, 1.82) is 0 Å². The second-order valence-corrected chi connectivity index (χ2v) is 8.00. The first kappa shape index (κ1) is 18.1. The number of piperidine rings is 1. The zero-order valence-corrected chi connectivity index (χ0v) is 15.3. The Morgan fingerprint density at radius 1 is 1.21 bits per heavy atom. The molecule has 0 aromatic rings. The molecule has 0 N–H and O–H groups in total. The van der Waals surface area contributed by atoms with Gasteiger partial charge < -0.3 is 19.3 Å². The summed E-state index contributed by atoms with van der Waals surface area (Å²) in [6, 6.07) is 0. The Labute approximate surface area is 146 Å². The Morgan fingerprint density at radius 3 is 2.83 bits per heavy atom. The predicted molar refractivity (Wildman–Crippen MR) is 93.0 cm³/mol. The molecule has 24 heavy (non-hydrogen) atoms. The zero-order chi connectivity index (χ0) is 17.0. The number of amides is 1. The highest BCUT2D eigenvalue weighted by molar-refractivity contribution is 5.81. The van der Waals surface area contributed by atoms with Gasteiger partial charge >= 0.3 is 0 Å². The lowest BCUT2D eigenvalue weighted by Gasteiger charge is -2.44. The summed E-state index contributed by atoms with van der Waals surface area (Å²) in [6.45, 7) is 8.17. The van der Waals surface area contributed by atoms with E-state index in [-0.39, 0.29) is 17.4 Å². The largest absolute Gasteiger partial charge is 0.379 e. The minimum Gasteiger partial charge on any atom is -0.379 e. The molecule has 1 spiro atoms. The average Bonchev–Trinajstić information content (AvgIpc) is 3.03. The second kappa shape index (κ2) is 8.13. The van der Waals surface area contributed by atoms with Gasteiger partial charge in [0, 0.05) is 51.3 Å². The van der Waals surface area contributed by atoms with Crippen molar-refractivity contribution >= 4 is 5.91 Å². The van der Waals surface area contributed by atoms with Crippen LogP contribution in [-0.4, -0.2) is 99.9 Å². The van der Waals surface area contributed by atoms with E-state index in [4.69, 9.17) is 9.47 Å². The third kappa shape index (κ3) is 4.48. The van der Waals surface area contributed by atoms with Crippen molar-refractivity contribution in [3.63, 3.8) is 0 Å². The molecule has 6 heteroatoms. The predicted octanol–water partition coefficient (Wildman–Crippen LogP) is 0.668. The maximum atomic E-state index is 12.7. The van der Waals surface area contributed by atoms with Crippen LogP contribution < -0.4 is 0 Å². The molecule has 138 valence electrons. The first-order valence-corrected chi connectivity index (χ1v) is 9.43. The highest BCUT2D eigenvalue weighted by Gasteiger charge is 2.41. The van der Waals surface area contributed by atoms with Crippen LogP contribution in [0.1, 0.15) is 25.7 Å². The monoisotopic (exact) mass is 339 g/mol. The van der Waals surface area contributed by atoms with Crippen LogP contribution in [-0.2, 0) is 14.3 Å². The summed E-state index contributed by atoms with van der Waals surface area (Å²) in [5.74, 6) is 0.204. The van der Waals surface area contributed by atoms with Crippen LogP contribution in [0.3, 0.4) is 0 Å². The van der Waals surface area contributed by atoms with Crippen molar-refractivity contribution in [1.82, 2.24) is 14.7 Å². The fourth-order valence-electron chi connectivity index (χ4n) is 4.23. The molecule has 3 heterocycles.